The predicted molar refractivity (Wildman–Crippen MR) is 169 cm³/mol. The molecule has 0 bridgehead atoms. The normalized spacial score (nSPS) is 15.3. The van der Waals surface area contributed by atoms with Crippen molar-refractivity contribution in [3.05, 3.63) is 89.7 Å². The number of rotatable bonds is 9. The lowest BCUT2D eigenvalue weighted by molar-refractivity contribution is -0.360. The minimum absolute atomic E-state index is 0.145. The third-order valence-electron chi connectivity index (χ3n) is 7.14. The van der Waals surface area contributed by atoms with Crippen LogP contribution in [0.3, 0.4) is 0 Å². The molecular formula is C32H29F5N6O4S. The summed E-state index contributed by atoms with van der Waals surface area (Å²) in [5, 5.41) is 4.59. The van der Waals surface area contributed by atoms with Crippen LogP contribution in [0, 0.1) is 6.92 Å². The van der Waals surface area contributed by atoms with Crippen molar-refractivity contribution < 1.29 is 41.1 Å². The van der Waals surface area contributed by atoms with Gasteiger partial charge in [-0.1, -0.05) is 62.0 Å². The van der Waals surface area contributed by atoms with Gasteiger partial charge in [-0.3, -0.25) is 14.5 Å². The molecule has 0 spiro atoms. The van der Waals surface area contributed by atoms with Crippen LogP contribution >= 0.6 is 11.8 Å². The third-order valence-corrected chi connectivity index (χ3v) is 8.07. The molecule has 16 heteroatoms. The Morgan fingerprint density at radius 1 is 1.00 bits per heavy atom. The standard InChI is InChI=1S/C32H29F5N6O4S/c1-18(2)25-14-5-19(3)15-26(25)43-27(44)16-48-30(43)39-29(45)41-47-20(4)21-6-8-22(9-7-21)28-38-17-42(40-28)23-10-12-24(13-11-23)46-32(36,37)31(33,34)35/h5-15,17-18,20H,16H2,1-4H3,(H,41,45)/b39-30-. The lowest BCUT2D eigenvalue weighted by atomic mass is 9.99. The molecule has 5 rings (SSSR count). The van der Waals surface area contributed by atoms with Gasteiger partial charge in [0.2, 0.25) is 5.91 Å². The molecule has 1 unspecified atom stereocenters. The summed E-state index contributed by atoms with van der Waals surface area (Å²) in [5.74, 6) is -0.235. The van der Waals surface area contributed by atoms with Crippen LogP contribution in [0.25, 0.3) is 17.1 Å². The van der Waals surface area contributed by atoms with Gasteiger partial charge in [0.25, 0.3) is 0 Å². The second-order valence-electron chi connectivity index (χ2n) is 11.0. The van der Waals surface area contributed by atoms with E-state index < -0.39 is 30.2 Å². The number of nitrogens with one attached hydrogen (secondary N) is 1. The molecule has 252 valence electrons. The van der Waals surface area contributed by atoms with Crippen LogP contribution in [-0.4, -0.2) is 49.9 Å². The zero-order valence-corrected chi connectivity index (χ0v) is 26.8. The number of aliphatic imine (C=N–C) groups is 1. The van der Waals surface area contributed by atoms with E-state index in [1.807, 2.05) is 39.0 Å². The minimum atomic E-state index is -5.85. The maximum absolute atomic E-state index is 13.2. The van der Waals surface area contributed by atoms with E-state index in [0.717, 1.165) is 23.3 Å². The summed E-state index contributed by atoms with van der Waals surface area (Å²) in [6.07, 6.45) is -10.4. The van der Waals surface area contributed by atoms with Crippen LogP contribution < -0.4 is 15.1 Å². The minimum Gasteiger partial charge on any atom is -0.426 e. The van der Waals surface area contributed by atoms with Crippen molar-refractivity contribution in [1.82, 2.24) is 20.2 Å². The number of hydrogen-bond donors (Lipinski definition) is 1. The summed E-state index contributed by atoms with van der Waals surface area (Å²) in [4.78, 5) is 40.8. The van der Waals surface area contributed by atoms with E-state index in [2.05, 4.69) is 25.3 Å². The number of anilines is 1. The number of amidine groups is 1. The second-order valence-corrected chi connectivity index (χ2v) is 12.0. The summed E-state index contributed by atoms with van der Waals surface area (Å²) in [6, 6.07) is 16.4. The molecule has 0 radical (unpaired) electrons. The molecule has 1 atom stereocenters. The first kappa shape index (κ1) is 34.5. The Bertz CT molecular complexity index is 1830. The number of ether oxygens (including phenoxy) is 1. The van der Waals surface area contributed by atoms with Crippen molar-refractivity contribution in [3.8, 4) is 22.8 Å². The van der Waals surface area contributed by atoms with E-state index in [-0.39, 0.29) is 22.7 Å². The summed E-state index contributed by atoms with van der Waals surface area (Å²) in [6.45, 7) is 7.69. The highest BCUT2D eigenvalue weighted by Crippen LogP contribution is 2.37. The number of thioether (sulfide) groups is 1. The first-order valence-electron chi connectivity index (χ1n) is 14.5. The van der Waals surface area contributed by atoms with Crippen LogP contribution in [0.5, 0.6) is 5.75 Å². The van der Waals surface area contributed by atoms with E-state index in [9.17, 15) is 31.5 Å². The smallest absolute Gasteiger partial charge is 0.426 e. The van der Waals surface area contributed by atoms with E-state index in [0.29, 0.717) is 28.3 Å². The van der Waals surface area contributed by atoms with E-state index in [4.69, 9.17) is 4.84 Å². The Morgan fingerprint density at radius 3 is 2.33 bits per heavy atom. The zero-order valence-electron chi connectivity index (χ0n) is 26.0. The molecule has 3 amide bonds. The summed E-state index contributed by atoms with van der Waals surface area (Å²) in [7, 11) is 0. The molecule has 1 saturated heterocycles. The Labute approximate surface area is 275 Å². The van der Waals surface area contributed by atoms with Gasteiger partial charge in [0.05, 0.1) is 17.1 Å². The van der Waals surface area contributed by atoms with E-state index in [1.54, 1.807) is 31.2 Å². The molecule has 4 aromatic rings. The molecule has 1 aliphatic rings. The van der Waals surface area contributed by atoms with Crippen LogP contribution in [0.1, 0.15) is 49.5 Å². The molecular weight excluding hydrogens is 659 g/mol. The van der Waals surface area contributed by atoms with Crippen molar-refractivity contribution in [3.63, 3.8) is 0 Å². The van der Waals surface area contributed by atoms with Gasteiger partial charge in [-0.25, -0.2) is 19.9 Å². The largest absolute Gasteiger partial charge is 0.499 e. The molecule has 10 nitrogen and oxygen atoms in total. The Balaban J connectivity index is 1.20. The number of amides is 3. The molecule has 1 N–H and O–H groups in total. The van der Waals surface area contributed by atoms with Gasteiger partial charge in [-0.2, -0.15) is 26.9 Å². The monoisotopic (exact) mass is 688 g/mol. The fraction of sp³-hybridized carbons (Fsp3) is 0.281. The van der Waals surface area contributed by atoms with Crippen molar-refractivity contribution in [1.29, 1.82) is 0 Å². The van der Waals surface area contributed by atoms with Gasteiger partial charge in [-0.15, -0.1) is 5.10 Å². The van der Waals surface area contributed by atoms with Crippen molar-refractivity contribution >= 4 is 34.6 Å². The quantitative estimate of drug-likeness (QED) is 0.142. The van der Waals surface area contributed by atoms with Crippen molar-refractivity contribution in [2.75, 3.05) is 10.7 Å². The molecule has 0 aliphatic carbocycles. The van der Waals surface area contributed by atoms with Crippen molar-refractivity contribution in [2.24, 2.45) is 4.99 Å². The maximum Gasteiger partial charge on any atom is 0.499 e. The first-order valence-corrected chi connectivity index (χ1v) is 15.5. The molecule has 0 saturated carbocycles. The van der Waals surface area contributed by atoms with Gasteiger partial charge >= 0.3 is 18.3 Å². The topological polar surface area (TPSA) is 111 Å². The molecule has 2 heterocycles. The second kappa shape index (κ2) is 13.7. The summed E-state index contributed by atoms with van der Waals surface area (Å²) in [5.41, 5.74) is 6.61. The number of nitrogens with zero attached hydrogens (tertiary/aromatic N) is 5. The van der Waals surface area contributed by atoms with Gasteiger partial charge < -0.3 is 4.74 Å². The molecule has 1 aromatic heterocycles. The summed E-state index contributed by atoms with van der Waals surface area (Å²) >= 11 is 1.17. The number of aryl methyl sites for hydroxylation is 1. The summed E-state index contributed by atoms with van der Waals surface area (Å²) < 4.78 is 68.7. The average Bonchev–Trinajstić information content (AvgIpc) is 3.66. The maximum atomic E-state index is 13.2. The number of hydroxylamine groups is 1. The first-order chi connectivity index (χ1) is 22.6. The fourth-order valence-electron chi connectivity index (χ4n) is 4.63. The number of urea groups is 1. The van der Waals surface area contributed by atoms with Crippen LogP contribution in [0.4, 0.5) is 32.4 Å². The number of hydrogen-bond acceptors (Lipinski definition) is 7. The zero-order chi connectivity index (χ0) is 34.8. The Morgan fingerprint density at radius 2 is 1.69 bits per heavy atom. The van der Waals surface area contributed by atoms with Gasteiger partial charge in [0.1, 0.15) is 18.2 Å². The van der Waals surface area contributed by atoms with Crippen LogP contribution in [0.15, 0.2) is 78.0 Å². The number of carbonyl (C=O) groups is 2. The Hall–Kier alpha value is -4.83. The number of benzene rings is 3. The van der Waals surface area contributed by atoms with Gasteiger partial charge in [-0.05, 0) is 66.8 Å². The molecule has 1 fully saturated rings. The van der Waals surface area contributed by atoms with Crippen LogP contribution in [-0.2, 0) is 9.63 Å². The predicted octanol–water partition coefficient (Wildman–Crippen LogP) is 7.74. The fourth-order valence-corrected chi connectivity index (χ4v) is 5.49. The SMILES string of the molecule is Cc1ccc(C(C)C)c(N2C(=O)CS/C2=N\C(=O)NOC(C)c2ccc(-c3ncn(-c4ccc(OC(F)(F)C(F)(F)F)cc4)n3)cc2)c1. The molecule has 48 heavy (non-hydrogen) atoms. The number of halogens is 5. The number of carbonyl (C=O) groups excluding carboxylic acids is 2. The van der Waals surface area contributed by atoms with Gasteiger partial charge in [0.15, 0.2) is 11.0 Å². The Kier molecular flexibility index (Phi) is 9.86. The van der Waals surface area contributed by atoms with E-state index in [1.165, 1.54) is 39.8 Å². The lowest BCUT2D eigenvalue weighted by Crippen LogP contribution is -2.41. The van der Waals surface area contributed by atoms with Crippen LogP contribution in [0.2, 0.25) is 0 Å². The highest BCUT2D eigenvalue weighted by atomic mass is 32.2. The lowest BCUT2D eigenvalue weighted by Gasteiger charge is -2.22. The highest BCUT2D eigenvalue weighted by Gasteiger charge is 2.61. The molecule has 1 aliphatic heterocycles. The average molecular weight is 689 g/mol. The highest BCUT2D eigenvalue weighted by molar-refractivity contribution is 8.15. The number of alkyl halides is 5. The van der Waals surface area contributed by atoms with Crippen molar-refractivity contribution in [2.45, 2.75) is 52.0 Å². The third kappa shape index (κ3) is 7.65. The van der Waals surface area contributed by atoms with Gasteiger partial charge in [0, 0.05) is 5.56 Å². The molecule has 3 aromatic carbocycles. The van der Waals surface area contributed by atoms with E-state index >= 15 is 0 Å². The number of aromatic nitrogens is 3.